The molecule has 2 atom stereocenters. The molecule has 1 aliphatic rings. The van der Waals surface area contributed by atoms with E-state index in [-0.39, 0.29) is 11.5 Å². The number of halogens is 4. The molecule has 0 bridgehead atoms. The summed E-state index contributed by atoms with van der Waals surface area (Å²) in [6.45, 7) is 0. The summed E-state index contributed by atoms with van der Waals surface area (Å²) < 4.78 is 51.1. The van der Waals surface area contributed by atoms with Gasteiger partial charge < -0.3 is 5.11 Å². The highest BCUT2D eigenvalue weighted by Crippen LogP contribution is 2.44. The second-order valence-electron chi connectivity index (χ2n) is 5.19. The van der Waals surface area contributed by atoms with Crippen molar-refractivity contribution in [2.45, 2.75) is 24.6 Å². The molecular weight excluding hydrogens is 284 g/mol. The molecular formula is C16H12F4O. The summed E-state index contributed by atoms with van der Waals surface area (Å²) in [6.07, 6.45) is -5.09. The van der Waals surface area contributed by atoms with Crippen LogP contribution in [0.5, 0.6) is 0 Å². The van der Waals surface area contributed by atoms with Gasteiger partial charge in [-0.15, -0.1) is 0 Å². The topological polar surface area (TPSA) is 20.2 Å². The first-order chi connectivity index (χ1) is 9.88. The molecule has 0 saturated heterocycles. The van der Waals surface area contributed by atoms with E-state index in [2.05, 4.69) is 0 Å². The summed E-state index contributed by atoms with van der Waals surface area (Å²) in [5, 5.41) is 10.3. The molecule has 5 heteroatoms. The first-order valence-corrected chi connectivity index (χ1v) is 6.50. The van der Waals surface area contributed by atoms with Crippen LogP contribution in [0, 0.1) is 5.82 Å². The fourth-order valence-corrected chi connectivity index (χ4v) is 2.76. The van der Waals surface area contributed by atoms with Gasteiger partial charge >= 0.3 is 6.18 Å². The number of aliphatic hydroxyl groups excluding tert-OH is 1. The minimum absolute atomic E-state index is 0.167. The van der Waals surface area contributed by atoms with Gasteiger partial charge in [0, 0.05) is 5.92 Å². The molecule has 0 aliphatic heterocycles. The minimum atomic E-state index is -4.73. The molecule has 0 spiro atoms. The van der Waals surface area contributed by atoms with Crippen LogP contribution in [0.2, 0.25) is 0 Å². The Morgan fingerprint density at radius 2 is 1.81 bits per heavy atom. The van der Waals surface area contributed by atoms with Crippen LogP contribution in [-0.2, 0) is 12.6 Å². The fourth-order valence-electron chi connectivity index (χ4n) is 2.76. The zero-order valence-electron chi connectivity index (χ0n) is 10.9. The van der Waals surface area contributed by atoms with Crippen molar-refractivity contribution < 1.29 is 22.7 Å². The van der Waals surface area contributed by atoms with Gasteiger partial charge in [0.05, 0.1) is 11.7 Å². The van der Waals surface area contributed by atoms with E-state index in [9.17, 15) is 22.7 Å². The van der Waals surface area contributed by atoms with Gasteiger partial charge in [-0.05, 0) is 35.2 Å². The lowest BCUT2D eigenvalue weighted by Gasteiger charge is -2.34. The Morgan fingerprint density at radius 1 is 1.10 bits per heavy atom. The maximum atomic E-state index is 13.6. The van der Waals surface area contributed by atoms with Crippen LogP contribution in [0.25, 0.3) is 0 Å². The summed E-state index contributed by atoms with van der Waals surface area (Å²) in [5.41, 5.74) is 0.923. The number of fused-ring (bicyclic) bond motifs is 1. The Kier molecular flexibility index (Phi) is 3.24. The molecule has 2 aromatic rings. The van der Waals surface area contributed by atoms with Gasteiger partial charge in [0.1, 0.15) is 5.82 Å². The van der Waals surface area contributed by atoms with Crippen LogP contribution in [0.3, 0.4) is 0 Å². The lowest BCUT2D eigenvalue weighted by molar-refractivity contribution is -0.140. The lowest BCUT2D eigenvalue weighted by atomic mass is 9.73. The molecule has 1 nitrogen and oxygen atoms in total. The van der Waals surface area contributed by atoms with Crippen LogP contribution in [-0.4, -0.2) is 5.11 Å². The van der Waals surface area contributed by atoms with Crippen molar-refractivity contribution in [1.82, 2.24) is 0 Å². The molecule has 2 unspecified atom stereocenters. The van der Waals surface area contributed by atoms with Crippen LogP contribution in [0.4, 0.5) is 17.6 Å². The Balaban J connectivity index is 1.87. The molecule has 110 valence electrons. The number of rotatable bonds is 2. The average Bonchev–Trinajstić information content (AvgIpc) is 2.38. The summed E-state index contributed by atoms with van der Waals surface area (Å²) in [7, 11) is 0. The highest BCUT2D eigenvalue weighted by atomic mass is 19.4. The van der Waals surface area contributed by atoms with Crippen molar-refractivity contribution in [2.75, 3.05) is 0 Å². The van der Waals surface area contributed by atoms with E-state index in [1.807, 2.05) is 24.3 Å². The Morgan fingerprint density at radius 3 is 2.43 bits per heavy atom. The molecule has 0 heterocycles. The molecule has 0 fully saturated rings. The highest BCUT2D eigenvalue weighted by Gasteiger charge is 2.36. The number of alkyl halides is 3. The molecule has 0 aromatic heterocycles. The van der Waals surface area contributed by atoms with Crippen molar-refractivity contribution in [1.29, 1.82) is 0 Å². The van der Waals surface area contributed by atoms with E-state index < -0.39 is 23.7 Å². The minimum Gasteiger partial charge on any atom is -0.388 e. The largest absolute Gasteiger partial charge is 0.419 e. The molecule has 1 aliphatic carbocycles. The fraction of sp³-hybridized carbons (Fsp3) is 0.250. The van der Waals surface area contributed by atoms with E-state index in [4.69, 9.17) is 0 Å². The molecule has 1 N–H and O–H groups in total. The van der Waals surface area contributed by atoms with E-state index >= 15 is 0 Å². The van der Waals surface area contributed by atoms with Crippen molar-refractivity contribution in [3.8, 4) is 0 Å². The normalized spacial score (nSPS) is 18.8. The van der Waals surface area contributed by atoms with E-state index in [0.717, 1.165) is 23.3 Å². The molecule has 2 aromatic carbocycles. The summed E-state index contributed by atoms with van der Waals surface area (Å²) in [5.74, 6) is -1.55. The van der Waals surface area contributed by atoms with Gasteiger partial charge in [-0.3, -0.25) is 0 Å². The van der Waals surface area contributed by atoms with Gasteiger partial charge in [0.15, 0.2) is 0 Å². The highest BCUT2D eigenvalue weighted by molar-refractivity contribution is 5.43. The second-order valence-corrected chi connectivity index (χ2v) is 5.19. The molecule has 0 amide bonds. The maximum Gasteiger partial charge on any atom is 0.419 e. The molecule has 0 radical (unpaired) electrons. The number of aliphatic hydroxyl groups is 1. The molecule has 3 rings (SSSR count). The van der Waals surface area contributed by atoms with Crippen molar-refractivity contribution >= 4 is 0 Å². The third-order valence-electron chi connectivity index (χ3n) is 3.92. The van der Waals surface area contributed by atoms with Crippen LogP contribution in [0.1, 0.15) is 34.3 Å². The third-order valence-corrected chi connectivity index (χ3v) is 3.92. The first kappa shape index (κ1) is 14.1. The number of benzene rings is 2. The van der Waals surface area contributed by atoms with Crippen molar-refractivity contribution in [3.63, 3.8) is 0 Å². The molecule has 0 saturated carbocycles. The third kappa shape index (κ3) is 2.42. The summed E-state index contributed by atoms with van der Waals surface area (Å²) in [6, 6.07) is 10.1. The zero-order chi connectivity index (χ0) is 15.2. The van der Waals surface area contributed by atoms with E-state index in [1.165, 1.54) is 0 Å². The number of hydrogen-bond acceptors (Lipinski definition) is 1. The first-order valence-electron chi connectivity index (χ1n) is 6.50. The second kappa shape index (κ2) is 4.84. The van der Waals surface area contributed by atoms with Gasteiger partial charge in [-0.1, -0.05) is 30.3 Å². The van der Waals surface area contributed by atoms with Crippen LogP contribution < -0.4 is 0 Å². The van der Waals surface area contributed by atoms with Crippen molar-refractivity contribution in [2.24, 2.45) is 0 Å². The van der Waals surface area contributed by atoms with Gasteiger partial charge in [-0.2, -0.15) is 13.2 Å². The van der Waals surface area contributed by atoms with E-state index in [0.29, 0.717) is 12.5 Å². The lowest BCUT2D eigenvalue weighted by Crippen LogP contribution is -2.23. The SMILES string of the molecule is OC(c1ccc(C(F)(F)F)c(F)c1)C1Cc2ccccc21. The Hall–Kier alpha value is -1.88. The van der Waals surface area contributed by atoms with Gasteiger partial charge in [0.2, 0.25) is 0 Å². The molecule has 21 heavy (non-hydrogen) atoms. The van der Waals surface area contributed by atoms with Gasteiger partial charge in [0.25, 0.3) is 0 Å². The zero-order valence-corrected chi connectivity index (χ0v) is 10.9. The summed E-state index contributed by atoms with van der Waals surface area (Å²) >= 11 is 0. The maximum absolute atomic E-state index is 13.6. The van der Waals surface area contributed by atoms with Crippen LogP contribution in [0.15, 0.2) is 42.5 Å². The Bertz CT molecular complexity index is 678. The van der Waals surface area contributed by atoms with E-state index in [1.54, 1.807) is 0 Å². The standard InChI is InChI=1S/C16H12F4O/c17-14-8-10(5-6-13(14)16(18,19)20)15(21)12-7-9-3-1-2-4-11(9)12/h1-6,8,12,15,21H,7H2. The predicted octanol–water partition coefficient (Wildman–Crippen LogP) is 4.22. The van der Waals surface area contributed by atoms with Crippen LogP contribution >= 0.6 is 0 Å². The predicted molar refractivity (Wildman–Crippen MR) is 69.2 cm³/mol. The monoisotopic (exact) mass is 296 g/mol. The van der Waals surface area contributed by atoms with Gasteiger partial charge in [-0.25, -0.2) is 4.39 Å². The average molecular weight is 296 g/mol. The smallest absolute Gasteiger partial charge is 0.388 e. The summed E-state index contributed by atoms with van der Waals surface area (Å²) in [4.78, 5) is 0. The number of hydrogen-bond donors (Lipinski definition) is 1. The Labute approximate surface area is 118 Å². The quantitative estimate of drug-likeness (QED) is 0.823. The van der Waals surface area contributed by atoms with Crippen molar-refractivity contribution in [3.05, 3.63) is 70.5 Å².